The fourth-order valence-corrected chi connectivity index (χ4v) is 1.52. The molecule has 0 aliphatic carbocycles. The van der Waals surface area contributed by atoms with Crippen molar-refractivity contribution in [1.29, 1.82) is 5.26 Å². The van der Waals surface area contributed by atoms with Crippen molar-refractivity contribution >= 4 is 11.7 Å². The summed E-state index contributed by atoms with van der Waals surface area (Å²) in [7, 11) is 1.38. The van der Waals surface area contributed by atoms with Crippen molar-refractivity contribution in [2.24, 2.45) is 0 Å². The van der Waals surface area contributed by atoms with E-state index in [1.807, 2.05) is 25.1 Å². The van der Waals surface area contributed by atoms with Crippen LogP contribution in [0.25, 0.3) is 0 Å². The molecule has 0 saturated carbocycles. The van der Waals surface area contributed by atoms with Crippen LogP contribution in [-0.4, -0.2) is 19.6 Å². The first-order valence-corrected chi connectivity index (χ1v) is 5.49. The van der Waals surface area contributed by atoms with Crippen LogP contribution in [-0.2, 0) is 9.53 Å². The first-order valence-electron chi connectivity index (χ1n) is 5.49. The molecule has 90 valence electrons. The smallest absolute Gasteiger partial charge is 0.305 e. The number of aryl methyl sites for hydroxylation is 1. The molecule has 0 spiro atoms. The zero-order valence-corrected chi connectivity index (χ0v) is 10.1. The predicted octanol–water partition coefficient (Wildman–Crippen LogP) is 2.23. The number of ether oxygens (including phenoxy) is 1. The molecule has 1 aromatic rings. The molecule has 0 radical (unpaired) electrons. The van der Waals surface area contributed by atoms with Crippen LogP contribution in [0, 0.1) is 18.3 Å². The molecular formula is C13H16N2O2. The lowest BCUT2D eigenvalue weighted by atomic mass is 10.1. The zero-order chi connectivity index (χ0) is 12.7. The summed E-state index contributed by atoms with van der Waals surface area (Å²) in [6, 6.07) is 7.84. The van der Waals surface area contributed by atoms with E-state index in [1.54, 1.807) is 0 Å². The lowest BCUT2D eigenvalue weighted by molar-refractivity contribution is -0.140. The van der Waals surface area contributed by atoms with Gasteiger partial charge in [-0.2, -0.15) is 5.26 Å². The molecule has 17 heavy (non-hydrogen) atoms. The summed E-state index contributed by atoms with van der Waals surface area (Å²) in [5, 5.41) is 12.2. The molecule has 0 saturated heterocycles. The van der Waals surface area contributed by atoms with Crippen LogP contribution >= 0.6 is 0 Å². The molecule has 4 heteroatoms. The van der Waals surface area contributed by atoms with E-state index in [4.69, 9.17) is 5.26 Å². The van der Waals surface area contributed by atoms with Crippen molar-refractivity contribution in [3.05, 3.63) is 29.3 Å². The molecule has 0 bridgehead atoms. The van der Waals surface area contributed by atoms with Gasteiger partial charge in [-0.3, -0.25) is 4.79 Å². The van der Waals surface area contributed by atoms with E-state index in [2.05, 4.69) is 16.1 Å². The Labute approximate surface area is 101 Å². The standard InChI is InChI=1S/C13H16N2O2/c1-10-5-3-6-12(11(10)9-14)15-8-4-7-13(16)17-2/h3,5-6,15H,4,7-8H2,1-2H3. The monoisotopic (exact) mass is 232 g/mol. The van der Waals surface area contributed by atoms with E-state index >= 15 is 0 Å². The van der Waals surface area contributed by atoms with Gasteiger partial charge in [0, 0.05) is 13.0 Å². The molecule has 4 nitrogen and oxygen atoms in total. The highest BCUT2D eigenvalue weighted by Crippen LogP contribution is 2.18. The largest absolute Gasteiger partial charge is 0.469 e. The van der Waals surface area contributed by atoms with Crippen LogP contribution < -0.4 is 5.32 Å². The maximum Gasteiger partial charge on any atom is 0.305 e. The summed E-state index contributed by atoms with van der Waals surface area (Å²) in [5.74, 6) is -0.212. The van der Waals surface area contributed by atoms with Gasteiger partial charge in [0.2, 0.25) is 0 Å². The maximum absolute atomic E-state index is 10.9. The molecule has 0 heterocycles. The third kappa shape index (κ3) is 3.80. The second-order valence-electron chi connectivity index (χ2n) is 3.72. The van der Waals surface area contributed by atoms with Gasteiger partial charge >= 0.3 is 5.97 Å². The predicted molar refractivity (Wildman–Crippen MR) is 65.6 cm³/mol. The van der Waals surface area contributed by atoms with Crippen LogP contribution in [0.15, 0.2) is 18.2 Å². The number of esters is 1. The van der Waals surface area contributed by atoms with Gasteiger partial charge in [0.05, 0.1) is 18.4 Å². The number of nitriles is 1. The Kier molecular flexibility index (Phi) is 5.02. The number of nitrogens with zero attached hydrogens (tertiary/aromatic N) is 1. The third-order valence-electron chi connectivity index (χ3n) is 2.49. The molecule has 0 aliphatic heterocycles. The van der Waals surface area contributed by atoms with Crippen LogP contribution in [0.4, 0.5) is 5.69 Å². The Bertz CT molecular complexity index is 436. The number of rotatable bonds is 5. The Morgan fingerprint density at radius 3 is 2.94 bits per heavy atom. The molecule has 0 aliphatic rings. The lowest BCUT2D eigenvalue weighted by Crippen LogP contribution is -2.07. The van der Waals surface area contributed by atoms with E-state index in [1.165, 1.54) is 7.11 Å². The molecule has 1 aromatic carbocycles. The lowest BCUT2D eigenvalue weighted by Gasteiger charge is -2.09. The molecule has 1 rings (SSSR count). The zero-order valence-electron chi connectivity index (χ0n) is 10.1. The van der Waals surface area contributed by atoms with Gasteiger partial charge in [0.1, 0.15) is 6.07 Å². The summed E-state index contributed by atoms with van der Waals surface area (Å²) in [6.07, 6.45) is 1.07. The maximum atomic E-state index is 10.9. The first kappa shape index (κ1) is 13.0. The van der Waals surface area contributed by atoms with Crippen molar-refractivity contribution in [2.75, 3.05) is 19.0 Å². The Hall–Kier alpha value is -2.02. The molecule has 0 unspecified atom stereocenters. The number of benzene rings is 1. The highest BCUT2D eigenvalue weighted by Gasteiger charge is 2.04. The van der Waals surface area contributed by atoms with Crippen molar-refractivity contribution in [1.82, 2.24) is 0 Å². The van der Waals surface area contributed by atoms with E-state index in [0.717, 1.165) is 11.3 Å². The Balaban J connectivity index is 2.50. The minimum absolute atomic E-state index is 0.212. The average molecular weight is 232 g/mol. The van der Waals surface area contributed by atoms with Crippen LogP contribution in [0.1, 0.15) is 24.0 Å². The van der Waals surface area contributed by atoms with Gasteiger partial charge in [0.25, 0.3) is 0 Å². The molecular weight excluding hydrogens is 216 g/mol. The summed E-state index contributed by atoms with van der Waals surface area (Å²) >= 11 is 0. The number of carbonyl (C=O) groups excluding carboxylic acids is 1. The number of hydrogen-bond acceptors (Lipinski definition) is 4. The normalized spacial score (nSPS) is 9.47. The number of methoxy groups -OCH3 is 1. The van der Waals surface area contributed by atoms with Crippen molar-refractivity contribution in [3.8, 4) is 6.07 Å². The molecule has 0 atom stereocenters. The Morgan fingerprint density at radius 1 is 1.53 bits per heavy atom. The second kappa shape index (κ2) is 6.54. The van der Waals surface area contributed by atoms with Gasteiger partial charge in [-0.15, -0.1) is 0 Å². The highest BCUT2D eigenvalue weighted by atomic mass is 16.5. The topological polar surface area (TPSA) is 62.1 Å². The van der Waals surface area contributed by atoms with E-state index < -0.39 is 0 Å². The minimum atomic E-state index is -0.212. The molecule has 0 aromatic heterocycles. The minimum Gasteiger partial charge on any atom is -0.469 e. The van der Waals surface area contributed by atoms with E-state index in [0.29, 0.717) is 24.9 Å². The average Bonchev–Trinajstić information content (AvgIpc) is 2.34. The fourth-order valence-electron chi connectivity index (χ4n) is 1.52. The van der Waals surface area contributed by atoms with Gasteiger partial charge in [-0.05, 0) is 25.0 Å². The number of carbonyl (C=O) groups is 1. The first-order chi connectivity index (χ1) is 8.19. The van der Waals surface area contributed by atoms with Gasteiger partial charge in [-0.1, -0.05) is 12.1 Å². The highest BCUT2D eigenvalue weighted by molar-refractivity contribution is 5.69. The number of hydrogen-bond donors (Lipinski definition) is 1. The third-order valence-corrected chi connectivity index (χ3v) is 2.49. The quantitative estimate of drug-likeness (QED) is 0.624. The summed E-state index contributed by atoms with van der Waals surface area (Å²) in [5.41, 5.74) is 2.42. The van der Waals surface area contributed by atoms with E-state index in [9.17, 15) is 4.79 Å². The summed E-state index contributed by atoms with van der Waals surface area (Å²) in [6.45, 7) is 2.55. The molecule has 0 amide bonds. The number of nitrogens with one attached hydrogen (secondary N) is 1. The SMILES string of the molecule is COC(=O)CCCNc1cccc(C)c1C#N. The second-order valence-corrected chi connectivity index (χ2v) is 3.72. The van der Waals surface area contributed by atoms with E-state index in [-0.39, 0.29) is 5.97 Å². The van der Waals surface area contributed by atoms with Gasteiger partial charge in [0.15, 0.2) is 0 Å². The van der Waals surface area contributed by atoms with Crippen LogP contribution in [0.5, 0.6) is 0 Å². The van der Waals surface area contributed by atoms with Gasteiger partial charge in [-0.25, -0.2) is 0 Å². The fraction of sp³-hybridized carbons (Fsp3) is 0.385. The Morgan fingerprint density at radius 2 is 2.29 bits per heavy atom. The summed E-state index contributed by atoms with van der Waals surface area (Å²) < 4.78 is 4.55. The number of anilines is 1. The summed E-state index contributed by atoms with van der Waals surface area (Å²) in [4.78, 5) is 10.9. The van der Waals surface area contributed by atoms with Crippen LogP contribution in [0.2, 0.25) is 0 Å². The van der Waals surface area contributed by atoms with Crippen molar-refractivity contribution in [2.45, 2.75) is 19.8 Å². The van der Waals surface area contributed by atoms with Gasteiger partial charge < -0.3 is 10.1 Å². The van der Waals surface area contributed by atoms with Crippen LogP contribution in [0.3, 0.4) is 0 Å². The molecule has 0 fully saturated rings. The molecule has 1 N–H and O–H groups in total. The van der Waals surface area contributed by atoms with Crippen molar-refractivity contribution < 1.29 is 9.53 Å². The van der Waals surface area contributed by atoms with Crippen molar-refractivity contribution in [3.63, 3.8) is 0 Å².